The standard InChI is InChI=1S/C21H15N3S/c1-15-7-9-17(10-8-15)20-13-18(16-5-3-2-4-6-16)19(14-23)21(24-20)25-12-11-22/h2-10,13H,12H2,1H3. The Morgan fingerprint density at radius 1 is 0.960 bits per heavy atom. The fourth-order valence-corrected chi connectivity index (χ4v) is 3.22. The van der Waals surface area contributed by atoms with Gasteiger partial charge in [0.1, 0.15) is 11.1 Å². The SMILES string of the molecule is Cc1ccc(-c2cc(-c3ccccc3)c(C#N)c(SCC#N)n2)cc1. The van der Waals surface area contributed by atoms with Crippen molar-refractivity contribution in [2.24, 2.45) is 0 Å². The monoisotopic (exact) mass is 341 g/mol. The van der Waals surface area contributed by atoms with Crippen LogP contribution in [0.15, 0.2) is 65.7 Å². The number of pyridine rings is 1. The average Bonchev–Trinajstić information content (AvgIpc) is 2.67. The van der Waals surface area contributed by atoms with Gasteiger partial charge in [-0.2, -0.15) is 10.5 Å². The molecule has 0 saturated carbocycles. The van der Waals surface area contributed by atoms with Crippen molar-refractivity contribution < 1.29 is 0 Å². The first-order valence-electron chi connectivity index (χ1n) is 7.80. The molecule has 3 rings (SSSR count). The van der Waals surface area contributed by atoms with Crippen LogP contribution in [-0.4, -0.2) is 10.7 Å². The Kier molecular flexibility index (Phi) is 5.14. The summed E-state index contributed by atoms with van der Waals surface area (Å²) in [5.74, 6) is 0.257. The van der Waals surface area contributed by atoms with Gasteiger partial charge < -0.3 is 0 Å². The van der Waals surface area contributed by atoms with Gasteiger partial charge in [-0.05, 0) is 18.6 Å². The van der Waals surface area contributed by atoms with Gasteiger partial charge in [0, 0.05) is 11.1 Å². The average molecular weight is 341 g/mol. The maximum absolute atomic E-state index is 9.67. The third kappa shape index (κ3) is 3.71. The molecule has 1 heterocycles. The first kappa shape index (κ1) is 16.8. The summed E-state index contributed by atoms with van der Waals surface area (Å²) in [7, 11) is 0. The van der Waals surface area contributed by atoms with E-state index in [0.717, 1.165) is 22.4 Å². The van der Waals surface area contributed by atoms with E-state index in [1.807, 2.05) is 67.6 Å². The number of nitriles is 2. The molecular formula is C21H15N3S. The lowest BCUT2D eigenvalue weighted by Gasteiger charge is -2.12. The van der Waals surface area contributed by atoms with Gasteiger partial charge in [0.25, 0.3) is 0 Å². The van der Waals surface area contributed by atoms with Crippen molar-refractivity contribution in [1.82, 2.24) is 4.98 Å². The third-order valence-corrected chi connectivity index (χ3v) is 4.65. The van der Waals surface area contributed by atoms with Crippen LogP contribution in [0.3, 0.4) is 0 Å². The summed E-state index contributed by atoms with van der Waals surface area (Å²) in [6.07, 6.45) is 0. The van der Waals surface area contributed by atoms with Crippen LogP contribution >= 0.6 is 11.8 Å². The molecule has 0 spiro atoms. The fraction of sp³-hybridized carbons (Fsp3) is 0.0952. The van der Waals surface area contributed by atoms with Crippen molar-refractivity contribution in [3.63, 3.8) is 0 Å². The smallest absolute Gasteiger partial charge is 0.116 e. The van der Waals surface area contributed by atoms with Gasteiger partial charge in [0.2, 0.25) is 0 Å². The van der Waals surface area contributed by atoms with E-state index in [1.165, 1.54) is 17.3 Å². The highest BCUT2D eigenvalue weighted by Crippen LogP contribution is 2.34. The van der Waals surface area contributed by atoms with Crippen molar-refractivity contribution in [3.05, 3.63) is 71.8 Å². The zero-order chi connectivity index (χ0) is 17.6. The molecule has 0 bridgehead atoms. The van der Waals surface area contributed by atoms with E-state index in [9.17, 15) is 5.26 Å². The zero-order valence-electron chi connectivity index (χ0n) is 13.7. The number of aromatic nitrogens is 1. The fourth-order valence-electron chi connectivity index (χ4n) is 2.55. The largest absolute Gasteiger partial charge is 0.240 e. The number of rotatable bonds is 4. The highest BCUT2D eigenvalue weighted by Gasteiger charge is 2.15. The van der Waals surface area contributed by atoms with Gasteiger partial charge in [-0.3, -0.25) is 0 Å². The van der Waals surface area contributed by atoms with Crippen LogP contribution in [-0.2, 0) is 0 Å². The van der Waals surface area contributed by atoms with Crippen LogP contribution in [0.1, 0.15) is 11.1 Å². The maximum atomic E-state index is 9.67. The van der Waals surface area contributed by atoms with Gasteiger partial charge in [-0.1, -0.05) is 71.9 Å². The van der Waals surface area contributed by atoms with E-state index in [-0.39, 0.29) is 5.75 Å². The Hall–Kier alpha value is -3.08. The Bertz CT molecular complexity index is 965. The summed E-state index contributed by atoms with van der Waals surface area (Å²) in [6.45, 7) is 2.04. The van der Waals surface area contributed by atoms with Gasteiger partial charge >= 0.3 is 0 Å². The molecule has 2 aromatic carbocycles. The van der Waals surface area contributed by atoms with Gasteiger partial charge in [-0.15, -0.1) is 0 Å². The molecule has 3 aromatic rings. The van der Waals surface area contributed by atoms with Crippen molar-refractivity contribution in [3.8, 4) is 34.5 Å². The van der Waals surface area contributed by atoms with Crippen molar-refractivity contribution in [2.45, 2.75) is 11.9 Å². The second-order valence-corrected chi connectivity index (χ2v) is 6.49. The minimum atomic E-state index is 0.257. The van der Waals surface area contributed by atoms with E-state index >= 15 is 0 Å². The summed E-state index contributed by atoms with van der Waals surface area (Å²) in [5.41, 5.74) is 5.30. The molecule has 0 saturated heterocycles. The first-order chi connectivity index (χ1) is 12.2. The second-order valence-electron chi connectivity index (χ2n) is 5.53. The van der Waals surface area contributed by atoms with Crippen molar-refractivity contribution in [2.75, 3.05) is 5.75 Å². The minimum absolute atomic E-state index is 0.257. The molecule has 3 nitrogen and oxygen atoms in total. The van der Waals surface area contributed by atoms with Crippen LogP contribution in [0.25, 0.3) is 22.4 Å². The number of hydrogen-bond acceptors (Lipinski definition) is 4. The molecule has 0 amide bonds. The molecule has 0 aliphatic rings. The first-order valence-corrected chi connectivity index (χ1v) is 8.79. The second kappa shape index (κ2) is 7.66. The number of nitrogens with zero attached hydrogens (tertiary/aromatic N) is 3. The molecular weight excluding hydrogens is 326 g/mol. The summed E-state index contributed by atoms with van der Waals surface area (Å²) in [5, 5.41) is 19.2. The van der Waals surface area contributed by atoms with E-state index in [4.69, 9.17) is 5.26 Å². The number of hydrogen-bond donors (Lipinski definition) is 0. The Labute approximate surface area is 151 Å². The summed E-state index contributed by atoms with van der Waals surface area (Å²) in [6, 6.07) is 24.3. The van der Waals surface area contributed by atoms with Gasteiger partial charge in [-0.25, -0.2) is 4.98 Å². The Balaban J connectivity index is 2.22. The number of aryl methyl sites for hydroxylation is 1. The zero-order valence-corrected chi connectivity index (χ0v) is 14.5. The summed E-state index contributed by atoms with van der Waals surface area (Å²) >= 11 is 1.30. The highest BCUT2D eigenvalue weighted by atomic mass is 32.2. The topological polar surface area (TPSA) is 60.5 Å². The number of benzene rings is 2. The van der Waals surface area contributed by atoms with E-state index in [1.54, 1.807) is 0 Å². The highest BCUT2D eigenvalue weighted by molar-refractivity contribution is 7.99. The summed E-state index contributed by atoms with van der Waals surface area (Å²) < 4.78 is 0. The predicted molar refractivity (Wildman–Crippen MR) is 101 cm³/mol. The van der Waals surface area contributed by atoms with Crippen molar-refractivity contribution >= 4 is 11.8 Å². The Morgan fingerprint density at radius 3 is 2.32 bits per heavy atom. The molecule has 1 aromatic heterocycles. The lowest BCUT2D eigenvalue weighted by molar-refractivity contribution is 1.12. The van der Waals surface area contributed by atoms with E-state index in [2.05, 4.69) is 17.1 Å². The quantitative estimate of drug-likeness (QED) is 0.611. The predicted octanol–water partition coefficient (Wildman–Crippen LogP) is 5.21. The molecule has 0 radical (unpaired) electrons. The maximum Gasteiger partial charge on any atom is 0.116 e. The minimum Gasteiger partial charge on any atom is -0.240 e. The normalized spacial score (nSPS) is 10.0. The van der Waals surface area contributed by atoms with E-state index in [0.29, 0.717) is 10.6 Å². The van der Waals surface area contributed by atoms with Crippen molar-refractivity contribution in [1.29, 1.82) is 10.5 Å². The Morgan fingerprint density at radius 2 is 1.68 bits per heavy atom. The summed E-state index contributed by atoms with van der Waals surface area (Å²) in [4.78, 5) is 4.66. The molecule has 4 heteroatoms. The number of thioether (sulfide) groups is 1. The van der Waals surface area contributed by atoms with Crippen LogP contribution in [0, 0.1) is 29.6 Å². The van der Waals surface area contributed by atoms with Gasteiger partial charge in [0.05, 0.1) is 23.1 Å². The molecule has 0 atom stereocenters. The molecule has 120 valence electrons. The van der Waals surface area contributed by atoms with Crippen LogP contribution in [0.4, 0.5) is 0 Å². The lowest BCUT2D eigenvalue weighted by atomic mass is 9.99. The van der Waals surface area contributed by atoms with Crippen LogP contribution < -0.4 is 0 Å². The molecule has 0 aliphatic heterocycles. The molecule has 0 aliphatic carbocycles. The molecule has 0 N–H and O–H groups in total. The third-order valence-electron chi connectivity index (χ3n) is 3.80. The van der Waals surface area contributed by atoms with Crippen LogP contribution in [0.5, 0.6) is 0 Å². The van der Waals surface area contributed by atoms with Crippen LogP contribution in [0.2, 0.25) is 0 Å². The molecule has 25 heavy (non-hydrogen) atoms. The molecule has 0 unspecified atom stereocenters. The van der Waals surface area contributed by atoms with Gasteiger partial charge in [0.15, 0.2) is 0 Å². The van der Waals surface area contributed by atoms with E-state index < -0.39 is 0 Å². The lowest BCUT2D eigenvalue weighted by Crippen LogP contribution is -1.96. The molecule has 0 fully saturated rings.